The van der Waals surface area contributed by atoms with Crippen LogP contribution in [-0.4, -0.2) is 0 Å². The predicted molar refractivity (Wildman–Crippen MR) is 141 cm³/mol. The van der Waals surface area contributed by atoms with Gasteiger partial charge in [0, 0.05) is 0 Å². The molecule has 0 amide bonds. The molecular weight excluding hydrogens is 447 g/mol. The fourth-order valence-electron chi connectivity index (χ4n) is 4.41. The van der Waals surface area contributed by atoms with Gasteiger partial charge in [-0.3, -0.25) is 0 Å². The Balaban J connectivity index is 1.51. The molecule has 2 aromatic carbocycles. The predicted octanol–water partition coefficient (Wildman–Crippen LogP) is 9.38. The van der Waals surface area contributed by atoms with Crippen LogP contribution in [-0.2, 0) is 23.9 Å². The second-order valence-electron chi connectivity index (χ2n) is 9.75. The van der Waals surface area contributed by atoms with Crippen molar-refractivity contribution in [2.75, 3.05) is 0 Å². The van der Waals surface area contributed by atoms with Gasteiger partial charge in [0.15, 0.2) is 0 Å². The van der Waals surface area contributed by atoms with E-state index in [0.29, 0.717) is 0 Å². The standard InChI is InChI=1S/C16H33.C15H15.Co.O/c1-3-5-7-9-11-13-15-16-14-12-10-8-6-4-2;1-12-8-9-13(2)15(10-12)11-14-6-4-3-5-7-14;;/h1,3-16H2,2H3;4-10H,11H2,1-2H3;;. The van der Waals surface area contributed by atoms with Crippen LogP contribution in [0.15, 0.2) is 42.5 Å². The zero-order valence-corrected chi connectivity index (χ0v) is 22.6. The van der Waals surface area contributed by atoms with Gasteiger partial charge in [0.25, 0.3) is 0 Å². The quantitative estimate of drug-likeness (QED) is 0.188. The molecular formula is C31H48CoO. The molecule has 0 aliphatic heterocycles. The first-order chi connectivity index (χ1) is 16.1. The van der Waals surface area contributed by atoms with E-state index >= 15 is 0 Å². The van der Waals surface area contributed by atoms with Crippen molar-refractivity contribution in [3.63, 3.8) is 0 Å². The Labute approximate surface area is 208 Å². The van der Waals surface area contributed by atoms with Crippen LogP contribution in [0.5, 0.6) is 0 Å². The van der Waals surface area contributed by atoms with Crippen LogP contribution >= 0.6 is 0 Å². The number of aryl methyl sites for hydroxylation is 2. The Bertz CT molecular complexity index is 793. The number of unbranched alkanes of at least 4 members (excludes halogenated alkanes) is 13. The average Bonchev–Trinajstić information content (AvgIpc) is 2.82. The zero-order valence-electron chi connectivity index (χ0n) is 21.6. The van der Waals surface area contributed by atoms with Crippen molar-refractivity contribution in [1.29, 1.82) is 0 Å². The van der Waals surface area contributed by atoms with E-state index in [1.54, 1.807) is 0 Å². The molecule has 0 fully saturated rings. The Morgan fingerprint density at radius 1 is 0.636 bits per heavy atom. The number of hydrogen-bond donors (Lipinski definition) is 0. The van der Waals surface area contributed by atoms with Crippen LogP contribution in [0.4, 0.5) is 0 Å². The zero-order chi connectivity index (χ0) is 23.7. The molecule has 0 saturated heterocycles. The number of rotatable bonds is 18. The summed E-state index contributed by atoms with van der Waals surface area (Å²) >= 11 is -1.23. The van der Waals surface area contributed by atoms with Gasteiger partial charge in [-0.15, -0.1) is 0 Å². The van der Waals surface area contributed by atoms with Crippen molar-refractivity contribution in [1.82, 2.24) is 0 Å². The van der Waals surface area contributed by atoms with Crippen LogP contribution in [0.2, 0.25) is 5.36 Å². The summed E-state index contributed by atoms with van der Waals surface area (Å²) in [6, 6.07) is 15.1. The maximum atomic E-state index is 12.7. The summed E-state index contributed by atoms with van der Waals surface area (Å²) in [6.45, 7) is 6.61. The Morgan fingerprint density at radius 2 is 1.15 bits per heavy atom. The van der Waals surface area contributed by atoms with Gasteiger partial charge in [-0.25, -0.2) is 0 Å². The van der Waals surface area contributed by atoms with E-state index in [-0.39, 0.29) is 0 Å². The summed E-state index contributed by atoms with van der Waals surface area (Å²) < 4.78 is 13.7. The maximum absolute atomic E-state index is 12.7. The third kappa shape index (κ3) is 12.1. The van der Waals surface area contributed by atoms with Crippen LogP contribution in [0.25, 0.3) is 0 Å². The first-order valence-corrected chi connectivity index (χ1v) is 15.2. The van der Waals surface area contributed by atoms with Crippen molar-refractivity contribution < 1.29 is 17.5 Å². The number of hydrogen-bond acceptors (Lipinski definition) is 1. The Kier molecular flexibility index (Phi) is 14.6. The molecule has 33 heavy (non-hydrogen) atoms. The second-order valence-corrected chi connectivity index (χ2v) is 11.8. The van der Waals surface area contributed by atoms with Crippen LogP contribution < -0.4 is 4.50 Å². The van der Waals surface area contributed by atoms with Crippen molar-refractivity contribution in [3.8, 4) is 0 Å². The molecule has 2 rings (SSSR count). The van der Waals surface area contributed by atoms with Gasteiger partial charge in [-0.05, 0) is 0 Å². The molecule has 0 radical (unpaired) electrons. The van der Waals surface area contributed by atoms with E-state index in [1.807, 2.05) is 0 Å². The van der Waals surface area contributed by atoms with Crippen LogP contribution in [0.3, 0.4) is 0 Å². The summed E-state index contributed by atoms with van der Waals surface area (Å²) in [4.78, 5) is 0. The second kappa shape index (κ2) is 17.2. The van der Waals surface area contributed by atoms with E-state index in [1.165, 1.54) is 106 Å². The normalized spacial score (nSPS) is 11.7. The molecule has 187 valence electrons. The number of benzene rings is 2. The van der Waals surface area contributed by atoms with E-state index in [0.717, 1.165) is 22.7 Å². The van der Waals surface area contributed by atoms with Crippen molar-refractivity contribution in [2.45, 2.75) is 122 Å². The molecule has 0 aliphatic carbocycles. The summed E-state index contributed by atoms with van der Waals surface area (Å²) in [5, 5.41) is 0.835. The monoisotopic (exact) mass is 495 g/mol. The summed E-state index contributed by atoms with van der Waals surface area (Å²) in [6.07, 6.45) is 20.0. The van der Waals surface area contributed by atoms with Gasteiger partial charge in [0.05, 0.1) is 0 Å². The summed E-state index contributed by atoms with van der Waals surface area (Å²) in [5.74, 6) is 0. The SMILES string of the molecule is CCCCCCCCCCCCCCC[CH2][Co](=[O])[c]1ccc(Cc2cc(C)ccc2C)cc1. The Morgan fingerprint density at radius 3 is 1.70 bits per heavy atom. The van der Waals surface area contributed by atoms with Gasteiger partial charge < -0.3 is 0 Å². The van der Waals surface area contributed by atoms with Crippen molar-refractivity contribution >= 4 is 4.50 Å². The van der Waals surface area contributed by atoms with E-state index in [9.17, 15) is 3.87 Å². The molecule has 0 saturated carbocycles. The molecule has 0 aliphatic rings. The van der Waals surface area contributed by atoms with Crippen LogP contribution in [0.1, 0.15) is 119 Å². The van der Waals surface area contributed by atoms with Gasteiger partial charge in [0.2, 0.25) is 0 Å². The minimum absolute atomic E-state index is 0.835. The molecule has 0 N–H and O–H groups in total. The molecule has 0 aromatic heterocycles. The fraction of sp³-hybridized carbons (Fsp3) is 0.613. The fourth-order valence-corrected chi connectivity index (χ4v) is 5.87. The van der Waals surface area contributed by atoms with E-state index in [4.69, 9.17) is 0 Å². The van der Waals surface area contributed by atoms with Crippen molar-refractivity contribution in [3.05, 3.63) is 64.7 Å². The Hall–Kier alpha value is -1.25. The topological polar surface area (TPSA) is 17.1 Å². The molecule has 0 atom stereocenters. The molecule has 1 nitrogen and oxygen atoms in total. The molecule has 0 bridgehead atoms. The van der Waals surface area contributed by atoms with Crippen LogP contribution in [0, 0.1) is 13.8 Å². The van der Waals surface area contributed by atoms with E-state index in [2.05, 4.69) is 63.2 Å². The first-order valence-electron chi connectivity index (χ1n) is 13.5. The van der Waals surface area contributed by atoms with Gasteiger partial charge in [0.1, 0.15) is 0 Å². The summed E-state index contributed by atoms with van der Waals surface area (Å²) in [5.41, 5.74) is 5.33. The van der Waals surface area contributed by atoms with Gasteiger partial charge >= 0.3 is 183 Å². The molecule has 0 spiro atoms. The summed E-state index contributed by atoms with van der Waals surface area (Å²) in [7, 11) is 0. The van der Waals surface area contributed by atoms with Gasteiger partial charge in [-0.1, -0.05) is 26.2 Å². The molecule has 2 aromatic rings. The third-order valence-electron chi connectivity index (χ3n) is 6.64. The van der Waals surface area contributed by atoms with E-state index < -0.39 is 13.6 Å². The first kappa shape index (κ1) is 28.0. The minimum atomic E-state index is -1.23. The average molecular weight is 496 g/mol. The van der Waals surface area contributed by atoms with Gasteiger partial charge in [-0.2, -0.15) is 0 Å². The third-order valence-corrected chi connectivity index (χ3v) is 8.49. The van der Waals surface area contributed by atoms with Crippen molar-refractivity contribution in [2.24, 2.45) is 0 Å². The molecule has 0 unspecified atom stereocenters. The molecule has 0 heterocycles. The molecule has 2 heteroatoms.